The van der Waals surface area contributed by atoms with Crippen LogP contribution in [0.3, 0.4) is 0 Å². The number of nitrogens with zero attached hydrogens (tertiary/aromatic N) is 1. The fourth-order valence-corrected chi connectivity index (χ4v) is 3.15. The zero-order valence-electron chi connectivity index (χ0n) is 19.4. The number of aromatic nitrogens is 2. The summed E-state index contributed by atoms with van der Waals surface area (Å²) in [6.45, 7) is 1.38. The van der Waals surface area contributed by atoms with Gasteiger partial charge in [0.1, 0.15) is 23.9 Å². The van der Waals surface area contributed by atoms with Crippen LogP contribution in [-0.2, 0) is 36.8 Å². The van der Waals surface area contributed by atoms with Crippen molar-refractivity contribution >= 4 is 29.6 Å². The first kappa shape index (κ1) is 27.8. The van der Waals surface area contributed by atoms with Crippen molar-refractivity contribution in [1.82, 2.24) is 25.9 Å². The molecule has 10 N–H and O–H groups in total. The molecule has 14 nitrogen and oxygen atoms in total. The van der Waals surface area contributed by atoms with E-state index >= 15 is 0 Å². The predicted octanol–water partition coefficient (Wildman–Crippen LogP) is -2.34. The lowest BCUT2D eigenvalue weighted by molar-refractivity contribution is -0.142. The number of primary amides is 1. The van der Waals surface area contributed by atoms with Crippen LogP contribution < -0.4 is 27.4 Å². The van der Waals surface area contributed by atoms with Crippen molar-refractivity contribution < 1.29 is 34.2 Å². The van der Waals surface area contributed by atoms with Crippen molar-refractivity contribution in [3.05, 3.63) is 48.0 Å². The highest BCUT2D eigenvalue weighted by atomic mass is 16.4. The molecule has 194 valence electrons. The third kappa shape index (κ3) is 8.72. The van der Waals surface area contributed by atoms with Gasteiger partial charge >= 0.3 is 5.97 Å². The summed E-state index contributed by atoms with van der Waals surface area (Å²) in [6.07, 6.45) is 2.01. The van der Waals surface area contributed by atoms with E-state index < -0.39 is 60.2 Å². The van der Waals surface area contributed by atoms with Gasteiger partial charge in [-0.15, -0.1) is 0 Å². The molecule has 36 heavy (non-hydrogen) atoms. The second-order valence-corrected chi connectivity index (χ2v) is 8.13. The predicted molar refractivity (Wildman–Crippen MR) is 125 cm³/mol. The Hall–Kier alpha value is -4.46. The molecule has 4 atom stereocenters. The van der Waals surface area contributed by atoms with Gasteiger partial charge in [-0.05, 0) is 24.6 Å². The van der Waals surface area contributed by atoms with Gasteiger partial charge in [0.15, 0.2) is 0 Å². The Balaban J connectivity index is 2.26. The topological polar surface area (TPSA) is 243 Å². The normalized spacial score (nSPS) is 14.1. The number of benzene rings is 1. The van der Waals surface area contributed by atoms with E-state index in [1.54, 1.807) is 0 Å². The summed E-state index contributed by atoms with van der Waals surface area (Å²) in [5.74, 6) is -4.67. The van der Waals surface area contributed by atoms with Crippen LogP contribution in [-0.4, -0.2) is 73.9 Å². The average molecular weight is 504 g/mol. The number of imidazole rings is 1. The summed E-state index contributed by atoms with van der Waals surface area (Å²) in [5.41, 5.74) is 11.7. The molecule has 0 radical (unpaired) electrons. The number of hydrogen-bond acceptors (Lipinski definition) is 8. The molecule has 2 rings (SSSR count). The maximum Gasteiger partial charge on any atom is 0.326 e. The molecule has 14 heteroatoms. The van der Waals surface area contributed by atoms with E-state index in [1.165, 1.54) is 43.7 Å². The highest BCUT2D eigenvalue weighted by molar-refractivity contribution is 5.96. The Morgan fingerprint density at radius 2 is 1.53 bits per heavy atom. The van der Waals surface area contributed by atoms with E-state index in [2.05, 4.69) is 25.9 Å². The minimum atomic E-state index is -1.42. The first-order valence-electron chi connectivity index (χ1n) is 10.9. The van der Waals surface area contributed by atoms with Gasteiger partial charge in [0, 0.05) is 24.7 Å². The molecule has 2 aromatic rings. The molecule has 0 aliphatic carbocycles. The van der Waals surface area contributed by atoms with Gasteiger partial charge in [-0.1, -0.05) is 12.1 Å². The van der Waals surface area contributed by atoms with Gasteiger partial charge < -0.3 is 42.6 Å². The van der Waals surface area contributed by atoms with Crippen LogP contribution in [0.1, 0.15) is 24.6 Å². The molecule has 1 heterocycles. The number of hydrogen-bond donors (Lipinski definition) is 8. The Bertz CT molecular complexity index is 1070. The molecule has 0 aliphatic heterocycles. The van der Waals surface area contributed by atoms with E-state index in [0.717, 1.165) is 0 Å². The van der Waals surface area contributed by atoms with Gasteiger partial charge in [-0.2, -0.15) is 0 Å². The summed E-state index contributed by atoms with van der Waals surface area (Å²) < 4.78 is 0. The Morgan fingerprint density at radius 1 is 0.944 bits per heavy atom. The van der Waals surface area contributed by atoms with E-state index in [4.69, 9.17) is 11.5 Å². The number of carbonyl (C=O) groups excluding carboxylic acids is 4. The van der Waals surface area contributed by atoms with E-state index in [0.29, 0.717) is 11.3 Å². The maximum atomic E-state index is 13.1. The number of aromatic amines is 1. The zero-order chi connectivity index (χ0) is 26.8. The summed E-state index contributed by atoms with van der Waals surface area (Å²) in [7, 11) is 0. The lowest BCUT2D eigenvalue weighted by Crippen LogP contribution is -2.58. The summed E-state index contributed by atoms with van der Waals surface area (Å²) >= 11 is 0. The van der Waals surface area contributed by atoms with E-state index in [1.807, 2.05) is 0 Å². The van der Waals surface area contributed by atoms with Crippen LogP contribution in [0.15, 0.2) is 36.8 Å². The fourth-order valence-electron chi connectivity index (χ4n) is 3.15. The Kier molecular flexibility index (Phi) is 9.92. The third-order valence-corrected chi connectivity index (χ3v) is 5.05. The van der Waals surface area contributed by atoms with Crippen molar-refractivity contribution in [2.75, 3.05) is 0 Å². The van der Waals surface area contributed by atoms with Gasteiger partial charge in [-0.3, -0.25) is 19.2 Å². The van der Waals surface area contributed by atoms with Crippen molar-refractivity contribution in [2.45, 2.75) is 50.4 Å². The third-order valence-electron chi connectivity index (χ3n) is 5.05. The number of amides is 4. The number of carbonyl (C=O) groups is 5. The summed E-state index contributed by atoms with van der Waals surface area (Å²) in [4.78, 5) is 67.8. The molecule has 4 unspecified atom stereocenters. The van der Waals surface area contributed by atoms with Crippen molar-refractivity contribution in [1.29, 1.82) is 0 Å². The van der Waals surface area contributed by atoms with Crippen LogP contribution in [0, 0.1) is 0 Å². The second-order valence-electron chi connectivity index (χ2n) is 8.13. The number of phenols is 1. The molecule has 1 aromatic heterocycles. The standard InChI is InChI=1S/C22H29N7O7/c1-11(23)19(32)27-16(8-18(24)31)21(34)28-15(6-12-2-4-14(30)5-3-12)20(33)29-17(22(35)36)7-13-9-25-10-26-13/h2-5,9-11,15-17,30H,6-8,23H2,1H3,(H2,24,31)(H,25,26)(H,27,32)(H,28,34)(H,29,33)(H,35,36). The van der Waals surface area contributed by atoms with Gasteiger partial charge in [-0.25, -0.2) is 9.78 Å². The lowest BCUT2D eigenvalue weighted by Gasteiger charge is -2.24. The largest absolute Gasteiger partial charge is 0.508 e. The van der Waals surface area contributed by atoms with Crippen molar-refractivity contribution in [3.63, 3.8) is 0 Å². The number of aliphatic carboxylic acids is 1. The maximum absolute atomic E-state index is 13.1. The Morgan fingerprint density at radius 3 is 2.06 bits per heavy atom. The zero-order valence-corrected chi connectivity index (χ0v) is 19.4. The number of phenolic OH excluding ortho intramolecular Hbond substituents is 1. The number of nitrogens with two attached hydrogens (primary N) is 2. The van der Waals surface area contributed by atoms with E-state index in [-0.39, 0.29) is 18.6 Å². The number of H-pyrrole nitrogens is 1. The average Bonchev–Trinajstić information content (AvgIpc) is 3.31. The smallest absolute Gasteiger partial charge is 0.326 e. The number of nitrogens with one attached hydrogen (secondary N) is 4. The van der Waals surface area contributed by atoms with E-state index in [9.17, 15) is 34.2 Å². The second kappa shape index (κ2) is 12.9. The molecule has 1 aromatic carbocycles. The van der Waals surface area contributed by atoms with Crippen LogP contribution in [0.5, 0.6) is 5.75 Å². The SMILES string of the molecule is CC(N)C(=O)NC(CC(N)=O)C(=O)NC(Cc1ccc(O)cc1)C(=O)NC(Cc1cnc[nH]1)C(=O)O. The molecule has 0 saturated carbocycles. The van der Waals surface area contributed by atoms with Crippen molar-refractivity contribution in [2.24, 2.45) is 11.5 Å². The number of carboxylic acid groups (broad SMARTS) is 1. The number of carboxylic acids is 1. The molecular weight excluding hydrogens is 474 g/mol. The molecule has 4 amide bonds. The molecule has 0 spiro atoms. The van der Waals surface area contributed by atoms with Crippen LogP contribution >= 0.6 is 0 Å². The van der Waals surface area contributed by atoms with Crippen molar-refractivity contribution in [3.8, 4) is 5.75 Å². The summed E-state index contributed by atoms with van der Waals surface area (Å²) in [5, 5.41) is 26.2. The molecule has 0 bridgehead atoms. The first-order valence-corrected chi connectivity index (χ1v) is 10.9. The lowest BCUT2D eigenvalue weighted by atomic mass is 10.0. The molecular formula is C22H29N7O7. The number of rotatable bonds is 13. The van der Waals surface area contributed by atoms with Gasteiger partial charge in [0.25, 0.3) is 0 Å². The minimum absolute atomic E-state index is 0.0191. The molecule has 0 saturated heterocycles. The van der Waals surface area contributed by atoms with Gasteiger partial charge in [0.05, 0.1) is 18.8 Å². The van der Waals surface area contributed by atoms with Crippen LogP contribution in [0.4, 0.5) is 0 Å². The number of aromatic hydroxyl groups is 1. The Labute approximate surface area is 205 Å². The molecule has 0 fully saturated rings. The van der Waals surface area contributed by atoms with Gasteiger partial charge in [0.2, 0.25) is 23.6 Å². The minimum Gasteiger partial charge on any atom is -0.508 e. The van der Waals surface area contributed by atoms with Crippen LogP contribution in [0.2, 0.25) is 0 Å². The summed E-state index contributed by atoms with van der Waals surface area (Å²) in [6, 6.07) is 0.718. The fraction of sp³-hybridized carbons (Fsp3) is 0.364. The molecule has 0 aliphatic rings. The first-order chi connectivity index (χ1) is 17.0. The van der Waals surface area contributed by atoms with Crippen LogP contribution in [0.25, 0.3) is 0 Å². The quantitative estimate of drug-likeness (QED) is 0.146. The monoisotopic (exact) mass is 503 g/mol. The highest BCUT2D eigenvalue weighted by Gasteiger charge is 2.31. The highest BCUT2D eigenvalue weighted by Crippen LogP contribution is 2.12.